The highest BCUT2D eigenvalue weighted by Crippen LogP contribution is 2.26. The number of hydrogen-bond acceptors (Lipinski definition) is 3. The van der Waals surface area contributed by atoms with Crippen LogP contribution in [0.4, 0.5) is 8.78 Å². The fourth-order valence-corrected chi connectivity index (χ4v) is 1.05. The Labute approximate surface area is 91.0 Å². The van der Waals surface area contributed by atoms with E-state index in [0.717, 1.165) is 0 Å². The molecule has 0 N–H and O–H groups in total. The van der Waals surface area contributed by atoms with Crippen LogP contribution in [0, 0.1) is 5.92 Å². The average molecular weight is 241 g/mol. The lowest BCUT2D eigenvalue weighted by atomic mass is 10.0. The summed E-state index contributed by atoms with van der Waals surface area (Å²) < 4.78 is 29.4. The van der Waals surface area contributed by atoms with Crippen molar-refractivity contribution in [2.45, 2.75) is 18.7 Å². The van der Waals surface area contributed by atoms with Gasteiger partial charge in [0.15, 0.2) is 0 Å². The van der Waals surface area contributed by atoms with Crippen LogP contribution in [0.25, 0.3) is 0 Å². The fourth-order valence-electron chi connectivity index (χ4n) is 0.917. The molecule has 0 fully saturated rings. The summed E-state index contributed by atoms with van der Waals surface area (Å²) in [6.07, 6.45) is 0.960. The number of hydrogen-bond donors (Lipinski definition) is 0. The Morgan fingerprint density at radius 2 is 2.13 bits per heavy atom. The van der Waals surface area contributed by atoms with Gasteiger partial charge in [-0.05, 0) is 24.9 Å². The summed E-state index contributed by atoms with van der Waals surface area (Å²) in [5.74, 6) is -4.26. The second kappa shape index (κ2) is 5.80. The number of carbonyl (C=O) groups is 2. The normalized spacial score (nSPS) is 13.1. The largest absolute Gasteiger partial charge is 0.465 e. The van der Waals surface area contributed by atoms with Crippen molar-refractivity contribution >= 4 is 23.4 Å². The number of allylic oxidation sites excluding steroid dienone is 1. The zero-order chi connectivity index (χ0) is 12.1. The monoisotopic (exact) mass is 240 g/mol. The summed E-state index contributed by atoms with van der Waals surface area (Å²) in [6.45, 7) is 4.77. The molecule has 0 amide bonds. The average Bonchev–Trinajstić information content (AvgIpc) is 2.12. The van der Waals surface area contributed by atoms with Crippen molar-refractivity contribution in [3.63, 3.8) is 0 Å². The van der Waals surface area contributed by atoms with E-state index in [9.17, 15) is 18.4 Å². The molecule has 0 saturated carbocycles. The molecule has 0 aliphatic heterocycles. The van der Waals surface area contributed by atoms with E-state index in [1.807, 2.05) is 0 Å². The van der Waals surface area contributed by atoms with Gasteiger partial charge >= 0.3 is 11.4 Å². The number of ketones is 1. The molecule has 6 heteroatoms. The maximum atomic E-state index is 12.5. The van der Waals surface area contributed by atoms with Crippen LogP contribution < -0.4 is 0 Å². The smallest absolute Gasteiger partial charge is 0.381 e. The molecule has 0 saturated heterocycles. The molecule has 0 aliphatic rings. The van der Waals surface area contributed by atoms with Crippen molar-refractivity contribution in [2.24, 2.45) is 5.92 Å². The Hall–Kier alpha value is -0.970. The summed E-state index contributed by atoms with van der Waals surface area (Å²) in [7, 11) is 0. The van der Waals surface area contributed by atoms with E-state index < -0.39 is 23.1 Å². The van der Waals surface area contributed by atoms with Crippen LogP contribution in [0.2, 0.25) is 0 Å². The fraction of sp³-hybridized carbons (Fsp3) is 0.556. The SMILES string of the molecule is C=CCC(C(=O)OCC)C(=O)C(F)(F)Cl. The van der Waals surface area contributed by atoms with Crippen molar-refractivity contribution in [2.75, 3.05) is 6.61 Å². The number of rotatable bonds is 6. The molecule has 1 atom stereocenters. The van der Waals surface area contributed by atoms with E-state index >= 15 is 0 Å². The third-order valence-corrected chi connectivity index (χ3v) is 1.76. The molecule has 0 aromatic heterocycles. The van der Waals surface area contributed by atoms with Gasteiger partial charge in [0.2, 0.25) is 5.78 Å². The predicted octanol–water partition coefficient (Wildman–Crippen LogP) is 2.14. The first-order valence-electron chi connectivity index (χ1n) is 4.23. The Bertz CT molecular complexity index is 261. The van der Waals surface area contributed by atoms with Crippen LogP contribution in [0.3, 0.4) is 0 Å². The maximum absolute atomic E-state index is 12.5. The molecule has 0 aliphatic carbocycles. The quantitative estimate of drug-likeness (QED) is 0.309. The maximum Gasteiger partial charge on any atom is 0.381 e. The van der Waals surface area contributed by atoms with E-state index in [1.165, 1.54) is 13.0 Å². The molecule has 1 unspecified atom stereocenters. The van der Waals surface area contributed by atoms with E-state index in [-0.39, 0.29) is 13.0 Å². The molecule has 0 rings (SSSR count). The van der Waals surface area contributed by atoms with Gasteiger partial charge in [-0.15, -0.1) is 6.58 Å². The highest BCUT2D eigenvalue weighted by molar-refractivity contribution is 6.34. The van der Waals surface area contributed by atoms with E-state index in [4.69, 9.17) is 0 Å². The lowest BCUT2D eigenvalue weighted by molar-refractivity contribution is -0.156. The third kappa shape index (κ3) is 4.38. The first kappa shape index (κ1) is 14.0. The van der Waals surface area contributed by atoms with Crippen LogP contribution >= 0.6 is 11.6 Å². The lowest BCUT2D eigenvalue weighted by Gasteiger charge is -2.15. The van der Waals surface area contributed by atoms with Gasteiger partial charge in [-0.25, -0.2) is 0 Å². The molecule has 0 spiro atoms. The molecule has 0 aromatic rings. The summed E-state index contributed by atoms with van der Waals surface area (Å²) in [6, 6.07) is 0. The molecule has 0 aromatic carbocycles. The highest BCUT2D eigenvalue weighted by Gasteiger charge is 2.44. The molecule has 0 heterocycles. The highest BCUT2D eigenvalue weighted by atomic mass is 35.5. The van der Waals surface area contributed by atoms with Gasteiger partial charge in [-0.3, -0.25) is 9.59 Å². The molecule has 0 bridgehead atoms. The topological polar surface area (TPSA) is 43.4 Å². The van der Waals surface area contributed by atoms with Crippen LogP contribution in [0.15, 0.2) is 12.7 Å². The molecular weight excluding hydrogens is 230 g/mol. The van der Waals surface area contributed by atoms with E-state index in [0.29, 0.717) is 0 Å². The van der Waals surface area contributed by atoms with Crippen LogP contribution in [0.1, 0.15) is 13.3 Å². The number of carbonyl (C=O) groups excluding carboxylic acids is 2. The summed E-state index contributed by atoms with van der Waals surface area (Å²) in [4.78, 5) is 22.2. The number of alkyl halides is 3. The molecule has 86 valence electrons. The van der Waals surface area contributed by atoms with Crippen LogP contribution in [-0.4, -0.2) is 23.7 Å². The Balaban J connectivity index is 4.73. The molecule has 15 heavy (non-hydrogen) atoms. The van der Waals surface area contributed by atoms with Gasteiger partial charge in [0.1, 0.15) is 5.92 Å². The summed E-state index contributed by atoms with van der Waals surface area (Å²) >= 11 is 4.53. The molecular formula is C9H11ClF2O3. The minimum atomic E-state index is -4.06. The first-order chi connectivity index (χ1) is 6.84. The van der Waals surface area contributed by atoms with Gasteiger partial charge in [0.25, 0.3) is 0 Å². The van der Waals surface area contributed by atoms with E-state index in [2.05, 4.69) is 22.9 Å². The molecule has 0 radical (unpaired) electrons. The minimum absolute atomic E-state index is 0.00755. The van der Waals surface area contributed by atoms with Gasteiger partial charge < -0.3 is 4.74 Å². The van der Waals surface area contributed by atoms with E-state index in [1.54, 1.807) is 0 Å². The predicted molar refractivity (Wildman–Crippen MR) is 50.7 cm³/mol. The Morgan fingerprint density at radius 3 is 2.47 bits per heavy atom. The number of ether oxygens (including phenoxy) is 1. The first-order valence-corrected chi connectivity index (χ1v) is 4.61. The second-order valence-electron chi connectivity index (χ2n) is 2.69. The van der Waals surface area contributed by atoms with Crippen molar-refractivity contribution in [1.82, 2.24) is 0 Å². The Morgan fingerprint density at radius 1 is 1.60 bits per heavy atom. The Kier molecular flexibility index (Phi) is 5.43. The third-order valence-electron chi connectivity index (χ3n) is 1.57. The summed E-state index contributed by atoms with van der Waals surface area (Å²) in [5.41, 5.74) is 0. The van der Waals surface area contributed by atoms with Crippen molar-refractivity contribution < 1.29 is 23.1 Å². The molecule has 3 nitrogen and oxygen atoms in total. The number of halogens is 3. The second-order valence-corrected chi connectivity index (χ2v) is 3.17. The van der Waals surface area contributed by atoms with Gasteiger partial charge in [0, 0.05) is 0 Å². The van der Waals surface area contributed by atoms with Crippen molar-refractivity contribution in [1.29, 1.82) is 0 Å². The number of esters is 1. The number of Topliss-reactive ketones (excluding diaryl/α,β-unsaturated/α-hetero) is 1. The lowest BCUT2D eigenvalue weighted by Crippen LogP contribution is -2.35. The minimum Gasteiger partial charge on any atom is -0.465 e. The van der Waals surface area contributed by atoms with Gasteiger partial charge in [0.05, 0.1) is 6.61 Å². The van der Waals surface area contributed by atoms with Gasteiger partial charge in [-0.2, -0.15) is 8.78 Å². The van der Waals surface area contributed by atoms with Crippen molar-refractivity contribution in [3.05, 3.63) is 12.7 Å². The van der Waals surface area contributed by atoms with Gasteiger partial charge in [-0.1, -0.05) is 6.08 Å². The van der Waals surface area contributed by atoms with Crippen molar-refractivity contribution in [3.8, 4) is 0 Å². The summed E-state index contributed by atoms with van der Waals surface area (Å²) in [5, 5.41) is -4.06. The van der Waals surface area contributed by atoms with Crippen LogP contribution in [0.5, 0.6) is 0 Å². The zero-order valence-corrected chi connectivity index (χ0v) is 8.89. The standard InChI is InChI=1S/C9H11ClF2O3/c1-3-5-6(8(14)15-4-2)7(13)9(10,11)12/h3,6H,1,4-5H2,2H3. The van der Waals surface area contributed by atoms with Crippen LogP contribution in [-0.2, 0) is 14.3 Å². The zero-order valence-electron chi connectivity index (χ0n) is 8.13.